The lowest BCUT2D eigenvalue weighted by Crippen LogP contribution is -2.39. The number of amides is 1. The van der Waals surface area contributed by atoms with Crippen molar-refractivity contribution < 1.29 is 9.53 Å². The lowest BCUT2D eigenvalue weighted by Gasteiger charge is -2.22. The number of rotatable bonds is 8. The lowest BCUT2D eigenvalue weighted by molar-refractivity contribution is -0.125. The van der Waals surface area contributed by atoms with Gasteiger partial charge >= 0.3 is 0 Å². The minimum Gasteiger partial charge on any atom is -0.383 e. The number of nitrogens with one attached hydrogen (secondary N) is 2. The Hall–Kier alpha value is -0.650. The number of nitrogens with zero attached hydrogens (tertiary/aromatic N) is 1. The Balaban J connectivity index is 2.01. The summed E-state index contributed by atoms with van der Waals surface area (Å²) in [6.07, 6.45) is 2.94. The van der Waals surface area contributed by atoms with E-state index < -0.39 is 0 Å². The second kappa shape index (κ2) is 9.30. The summed E-state index contributed by atoms with van der Waals surface area (Å²) in [4.78, 5) is 14.1. The molecule has 0 aromatic carbocycles. The highest BCUT2D eigenvalue weighted by Gasteiger charge is 2.19. The summed E-state index contributed by atoms with van der Waals surface area (Å²) in [6.45, 7) is 5.42. The van der Waals surface area contributed by atoms with Crippen LogP contribution in [-0.4, -0.2) is 64.3 Å². The van der Waals surface area contributed by atoms with Crippen LogP contribution in [0.2, 0.25) is 0 Å². The molecular weight excluding hydrogens is 230 g/mol. The van der Waals surface area contributed by atoms with Crippen LogP contribution < -0.4 is 10.6 Å². The summed E-state index contributed by atoms with van der Waals surface area (Å²) in [6, 6.07) is 0. The molecular formula is C13H27N3O2. The number of carbonyl (C=O) groups excluding carboxylic acids is 1. The molecule has 1 amide bonds. The van der Waals surface area contributed by atoms with Gasteiger partial charge in [0.1, 0.15) is 0 Å². The van der Waals surface area contributed by atoms with Crippen molar-refractivity contribution in [2.75, 3.05) is 53.5 Å². The normalized spacial score (nSPS) is 17.1. The first kappa shape index (κ1) is 15.4. The fraction of sp³-hybridized carbons (Fsp3) is 0.923. The van der Waals surface area contributed by atoms with Gasteiger partial charge in [-0.25, -0.2) is 0 Å². The van der Waals surface area contributed by atoms with Crippen molar-refractivity contribution in [2.24, 2.45) is 5.92 Å². The van der Waals surface area contributed by atoms with Crippen molar-refractivity contribution >= 4 is 5.91 Å². The zero-order valence-corrected chi connectivity index (χ0v) is 11.7. The predicted molar refractivity (Wildman–Crippen MR) is 72.6 cm³/mol. The predicted octanol–water partition coefficient (Wildman–Crippen LogP) is 0.0705. The van der Waals surface area contributed by atoms with E-state index in [9.17, 15) is 4.79 Å². The van der Waals surface area contributed by atoms with Crippen LogP contribution in [0.1, 0.15) is 19.3 Å². The lowest BCUT2D eigenvalue weighted by atomic mass is 9.97. The Morgan fingerprint density at radius 3 is 2.78 bits per heavy atom. The second-order valence-electron chi connectivity index (χ2n) is 4.96. The molecule has 1 heterocycles. The molecule has 1 aliphatic rings. The van der Waals surface area contributed by atoms with E-state index in [1.807, 2.05) is 0 Å². The average molecular weight is 257 g/mol. The van der Waals surface area contributed by atoms with Crippen LogP contribution in [-0.2, 0) is 9.53 Å². The number of carbonyl (C=O) groups is 1. The van der Waals surface area contributed by atoms with Crippen LogP contribution in [0.15, 0.2) is 0 Å². The third-order valence-corrected chi connectivity index (χ3v) is 3.40. The zero-order chi connectivity index (χ0) is 13.2. The van der Waals surface area contributed by atoms with E-state index in [0.717, 1.165) is 58.6 Å². The minimum atomic E-state index is 0.220. The molecule has 0 spiro atoms. The van der Waals surface area contributed by atoms with Crippen molar-refractivity contribution in [3.05, 3.63) is 0 Å². The van der Waals surface area contributed by atoms with Gasteiger partial charge in [0.05, 0.1) is 6.61 Å². The molecule has 5 nitrogen and oxygen atoms in total. The average Bonchev–Trinajstić information content (AvgIpc) is 2.42. The molecule has 0 aromatic rings. The Morgan fingerprint density at radius 1 is 1.39 bits per heavy atom. The number of hydrogen-bond acceptors (Lipinski definition) is 4. The van der Waals surface area contributed by atoms with Crippen LogP contribution in [0.3, 0.4) is 0 Å². The maximum absolute atomic E-state index is 11.8. The number of ether oxygens (including phenoxy) is 1. The molecule has 5 heteroatoms. The maximum Gasteiger partial charge on any atom is 0.223 e. The highest BCUT2D eigenvalue weighted by molar-refractivity contribution is 5.78. The molecule has 0 saturated carbocycles. The maximum atomic E-state index is 11.8. The van der Waals surface area contributed by atoms with Gasteiger partial charge in [-0.1, -0.05) is 0 Å². The molecule has 2 N–H and O–H groups in total. The Bertz CT molecular complexity index is 230. The van der Waals surface area contributed by atoms with E-state index in [1.165, 1.54) is 0 Å². The second-order valence-corrected chi connectivity index (χ2v) is 4.96. The first-order chi connectivity index (χ1) is 8.74. The van der Waals surface area contributed by atoms with E-state index in [2.05, 4.69) is 22.6 Å². The first-order valence-electron chi connectivity index (χ1n) is 6.90. The molecule has 0 aliphatic carbocycles. The molecule has 106 valence electrons. The number of piperidine rings is 1. The van der Waals surface area contributed by atoms with E-state index in [0.29, 0.717) is 0 Å². The van der Waals surface area contributed by atoms with Crippen LogP contribution >= 0.6 is 0 Å². The van der Waals surface area contributed by atoms with E-state index >= 15 is 0 Å². The van der Waals surface area contributed by atoms with Crippen LogP contribution in [0, 0.1) is 5.92 Å². The van der Waals surface area contributed by atoms with Gasteiger partial charge < -0.3 is 20.3 Å². The summed E-state index contributed by atoms with van der Waals surface area (Å²) in [5.41, 5.74) is 0. The van der Waals surface area contributed by atoms with Crippen molar-refractivity contribution in [3.63, 3.8) is 0 Å². The van der Waals surface area contributed by atoms with Crippen LogP contribution in [0.5, 0.6) is 0 Å². The standard InChI is InChI=1S/C13H27N3O2/c1-16(10-11-18-2)9-3-6-15-13(17)12-4-7-14-8-5-12/h12,14H,3-11H2,1-2H3,(H,15,17). The highest BCUT2D eigenvalue weighted by atomic mass is 16.5. The number of likely N-dealkylation sites (N-methyl/N-ethyl adjacent to an activating group) is 1. The van der Waals surface area contributed by atoms with Crippen molar-refractivity contribution in [1.82, 2.24) is 15.5 Å². The van der Waals surface area contributed by atoms with Crippen LogP contribution in [0.4, 0.5) is 0 Å². The zero-order valence-electron chi connectivity index (χ0n) is 11.7. The minimum absolute atomic E-state index is 0.220. The van der Waals surface area contributed by atoms with Crippen molar-refractivity contribution in [3.8, 4) is 0 Å². The molecule has 0 atom stereocenters. The molecule has 0 radical (unpaired) electrons. The van der Waals surface area contributed by atoms with Gasteiger partial charge in [0.2, 0.25) is 5.91 Å². The van der Waals surface area contributed by atoms with Gasteiger partial charge in [0.15, 0.2) is 0 Å². The summed E-state index contributed by atoms with van der Waals surface area (Å²) < 4.78 is 5.02. The molecule has 1 aliphatic heterocycles. The Labute approximate surface area is 110 Å². The summed E-state index contributed by atoms with van der Waals surface area (Å²) in [5, 5.41) is 6.31. The van der Waals surface area contributed by atoms with E-state index in [4.69, 9.17) is 4.74 Å². The highest BCUT2D eigenvalue weighted by Crippen LogP contribution is 2.11. The SMILES string of the molecule is COCCN(C)CCCNC(=O)C1CCNCC1. The fourth-order valence-electron chi connectivity index (χ4n) is 2.15. The molecule has 1 rings (SSSR count). The monoisotopic (exact) mass is 257 g/mol. The Kier molecular flexibility index (Phi) is 7.96. The first-order valence-corrected chi connectivity index (χ1v) is 6.90. The number of hydrogen-bond donors (Lipinski definition) is 2. The van der Waals surface area contributed by atoms with Crippen molar-refractivity contribution in [2.45, 2.75) is 19.3 Å². The smallest absolute Gasteiger partial charge is 0.223 e. The van der Waals surface area contributed by atoms with Gasteiger partial charge in [0, 0.05) is 26.1 Å². The van der Waals surface area contributed by atoms with E-state index in [1.54, 1.807) is 7.11 Å². The summed E-state index contributed by atoms with van der Waals surface area (Å²) in [5.74, 6) is 0.452. The third kappa shape index (κ3) is 6.33. The van der Waals surface area contributed by atoms with Gasteiger partial charge in [-0.15, -0.1) is 0 Å². The third-order valence-electron chi connectivity index (χ3n) is 3.40. The van der Waals surface area contributed by atoms with E-state index in [-0.39, 0.29) is 11.8 Å². The summed E-state index contributed by atoms with van der Waals surface area (Å²) >= 11 is 0. The molecule has 0 bridgehead atoms. The molecule has 1 fully saturated rings. The van der Waals surface area contributed by atoms with Gasteiger partial charge in [-0.3, -0.25) is 4.79 Å². The number of methoxy groups -OCH3 is 1. The van der Waals surface area contributed by atoms with Crippen LogP contribution in [0.25, 0.3) is 0 Å². The molecule has 1 saturated heterocycles. The fourth-order valence-corrected chi connectivity index (χ4v) is 2.15. The van der Waals surface area contributed by atoms with Gasteiger partial charge in [-0.05, 0) is 45.9 Å². The van der Waals surface area contributed by atoms with Gasteiger partial charge in [0.25, 0.3) is 0 Å². The molecule has 0 unspecified atom stereocenters. The largest absolute Gasteiger partial charge is 0.383 e. The molecule has 18 heavy (non-hydrogen) atoms. The topological polar surface area (TPSA) is 53.6 Å². The van der Waals surface area contributed by atoms with Crippen molar-refractivity contribution in [1.29, 1.82) is 0 Å². The van der Waals surface area contributed by atoms with Gasteiger partial charge in [-0.2, -0.15) is 0 Å². The Morgan fingerprint density at radius 2 is 2.11 bits per heavy atom. The molecule has 0 aromatic heterocycles. The quantitative estimate of drug-likeness (QED) is 0.604. The summed E-state index contributed by atoms with van der Waals surface area (Å²) in [7, 11) is 3.79.